The van der Waals surface area contributed by atoms with E-state index in [9.17, 15) is 18.0 Å². The number of amides is 1. The number of piperazine rings is 1. The summed E-state index contributed by atoms with van der Waals surface area (Å²) in [5, 5.41) is 7.81. The van der Waals surface area contributed by atoms with Crippen LogP contribution in [-0.2, 0) is 11.0 Å². The largest absolute Gasteiger partial charge is 0.417 e. The fourth-order valence-corrected chi connectivity index (χ4v) is 2.71. The summed E-state index contributed by atoms with van der Waals surface area (Å²) in [6.07, 6.45) is -3.72. The highest BCUT2D eigenvalue weighted by Crippen LogP contribution is 2.30. The Bertz CT molecular complexity index is 803. The summed E-state index contributed by atoms with van der Waals surface area (Å²) in [6.45, 7) is 7.77. The molecule has 27 heavy (non-hydrogen) atoms. The highest BCUT2D eigenvalue weighted by molar-refractivity contribution is 5.81. The van der Waals surface area contributed by atoms with Crippen molar-refractivity contribution in [2.24, 2.45) is 5.41 Å². The van der Waals surface area contributed by atoms with E-state index >= 15 is 0 Å². The standard InChI is InChI=1S/C17H20F3N5O2/c1-16(2,3)14(26)24-6-8-25(9-7-24)15-23-22-13(27-15)12-5-4-11(10-21-12)17(18,19)20/h4-5,10H,6-9H2,1-3H3. The first kappa shape index (κ1) is 19.1. The molecule has 0 unspecified atom stereocenters. The number of aromatic nitrogens is 3. The predicted molar refractivity (Wildman–Crippen MR) is 90.8 cm³/mol. The molecule has 2 aromatic rings. The number of alkyl halides is 3. The molecule has 3 heterocycles. The molecule has 0 saturated carbocycles. The van der Waals surface area contributed by atoms with Crippen LogP contribution in [0.25, 0.3) is 11.6 Å². The Morgan fingerprint density at radius 3 is 2.26 bits per heavy atom. The number of hydrogen-bond donors (Lipinski definition) is 0. The van der Waals surface area contributed by atoms with Crippen molar-refractivity contribution in [1.29, 1.82) is 0 Å². The van der Waals surface area contributed by atoms with Crippen LogP contribution < -0.4 is 4.90 Å². The quantitative estimate of drug-likeness (QED) is 0.794. The fourth-order valence-electron chi connectivity index (χ4n) is 2.71. The van der Waals surface area contributed by atoms with Crippen LogP contribution in [0.3, 0.4) is 0 Å². The molecule has 0 spiro atoms. The Morgan fingerprint density at radius 1 is 1.07 bits per heavy atom. The SMILES string of the molecule is CC(C)(C)C(=O)N1CCN(c2nnc(-c3ccc(C(F)(F)F)cn3)o2)CC1. The van der Waals surface area contributed by atoms with Gasteiger partial charge in [-0.05, 0) is 12.1 Å². The number of rotatable bonds is 2. The van der Waals surface area contributed by atoms with Crippen molar-refractivity contribution < 1.29 is 22.4 Å². The lowest BCUT2D eigenvalue weighted by molar-refractivity contribution is -0.140. The number of carbonyl (C=O) groups is 1. The van der Waals surface area contributed by atoms with Crippen LogP contribution in [0.15, 0.2) is 22.7 Å². The molecule has 0 aromatic carbocycles. The van der Waals surface area contributed by atoms with Gasteiger partial charge in [-0.2, -0.15) is 13.2 Å². The van der Waals surface area contributed by atoms with Gasteiger partial charge in [-0.1, -0.05) is 25.9 Å². The highest BCUT2D eigenvalue weighted by Gasteiger charge is 2.32. The molecule has 146 valence electrons. The lowest BCUT2D eigenvalue weighted by Crippen LogP contribution is -2.51. The molecule has 10 heteroatoms. The maximum Gasteiger partial charge on any atom is 0.417 e. The molecule has 1 fully saturated rings. The van der Waals surface area contributed by atoms with Gasteiger partial charge in [0, 0.05) is 37.8 Å². The van der Waals surface area contributed by atoms with Gasteiger partial charge in [0.25, 0.3) is 5.89 Å². The van der Waals surface area contributed by atoms with E-state index in [0.717, 1.165) is 12.3 Å². The first-order valence-corrected chi connectivity index (χ1v) is 8.47. The topological polar surface area (TPSA) is 75.4 Å². The van der Waals surface area contributed by atoms with Crippen LogP contribution in [0.2, 0.25) is 0 Å². The number of halogens is 3. The smallest absolute Gasteiger partial charge is 0.402 e. The first-order valence-electron chi connectivity index (χ1n) is 8.47. The second-order valence-electron chi connectivity index (χ2n) is 7.35. The Hall–Kier alpha value is -2.65. The van der Waals surface area contributed by atoms with E-state index in [-0.39, 0.29) is 23.5 Å². The highest BCUT2D eigenvalue weighted by atomic mass is 19.4. The number of carbonyl (C=O) groups excluding carboxylic acids is 1. The molecule has 1 saturated heterocycles. The molecule has 0 aliphatic carbocycles. The summed E-state index contributed by atoms with van der Waals surface area (Å²) in [6, 6.07) is 2.37. The third-order valence-electron chi connectivity index (χ3n) is 4.20. The molecular formula is C17H20F3N5O2. The summed E-state index contributed by atoms with van der Waals surface area (Å²) in [5.74, 6) is 0.134. The zero-order chi connectivity index (χ0) is 19.8. The van der Waals surface area contributed by atoms with Gasteiger partial charge in [-0.25, -0.2) is 0 Å². The van der Waals surface area contributed by atoms with E-state index in [2.05, 4.69) is 15.2 Å². The Kier molecular flexibility index (Phi) is 4.83. The molecular weight excluding hydrogens is 363 g/mol. The van der Waals surface area contributed by atoms with Crippen LogP contribution in [0.5, 0.6) is 0 Å². The van der Waals surface area contributed by atoms with Gasteiger partial charge < -0.3 is 14.2 Å². The molecule has 0 radical (unpaired) electrons. The number of pyridine rings is 1. The van der Waals surface area contributed by atoms with Gasteiger partial charge in [0.05, 0.1) is 5.56 Å². The lowest BCUT2D eigenvalue weighted by Gasteiger charge is -2.36. The molecule has 7 nitrogen and oxygen atoms in total. The summed E-state index contributed by atoms with van der Waals surface area (Å²) >= 11 is 0. The molecule has 1 aliphatic rings. The van der Waals surface area contributed by atoms with Crippen LogP contribution in [0, 0.1) is 5.41 Å². The van der Waals surface area contributed by atoms with Crippen LogP contribution in [-0.4, -0.2) is 52.2 Å². The minimum Gasteiger partial charge on any atom is -0.402 e. The van der Waals surface area contributed by atoms with Gasteiger partial charge in [0.1, 0.15) is 5.69 Å². The minimum absolute atomic E-state index is 0.0481. The van der Waals surface area contributed by atoms with E-state index in [1.54, 1.807) is 4.90 Å². The van der Waals surface area contributed by atoms with Crippen molar-refractivity contribution in [1.82, 2.24) is 20.1 Å². The molecule has 0 bridgehead atoms. The van der Waals surface area contributed by atoms with E-state index in [0.29, 0.717) is 26.2 Å². The van der Waals surface area contributed by atoms with Crippen molar-refractivity contribution in [3.05, 3.63) is 23.9 Å². The normalized spacial score (nSPS) is 15.9. The van der Waals surface area contributed by atoms with Gasteiger partial charge in [0.15, 0.2) is 0 Å². The lowest BCUT2D eigenvalue weighted by atomic mass is 9.94. The zero-order valence-electron chi connectivity index (χ0n) is 15.2. The number of hydrogen-bond acceptors (Lipinski definition) is 6. The van der Waals surface area contributed by atoms with E-state index in [1.165, 1.54) is 6.07 Å². The average Bonchev–Trinajstić information content (AvgIpc) is 3.10. The van der Waals surface area contributed by atoms with Crippen molar-refractivity contribution in [2.75, 3.05) is 31.1 Å². The third-order valence-corrected chi connectivity index (χ3v) is 4.20. The second-order valence-corrected chi connectivity index (χ2v) is 7.35. The number of nitrogens with zero attached hydrogens (tertiary/aromatic N) is 5. The monoisotopic (exact) mass is 383 g/mol. The van der Waals surface area contributed by atoms with Crippen molar-refractivity contribution in [3.63, 3.8) is 0 Å². The predicted octanol–water partition coefficient (Wildman–Crippen LogP) is 2.85. The molecule has 0 atom stereocenters. The van der Waals surface area contributed by atoms with E-state index in [4.69, 9.17) is 4.42 Å². The summed E-state index contributed by atoms with van der Waals surface area (Å²) in [5.41, 5.74) is -1.11. The summed E-state index contributed by atoms with van der Waals surface area (Å²) in [4.78, 5) is 19.7. The Balaban J connectivity index is 1.66. The maximum absolute atomic E-state index is 12.6. The minimum atomic E-state index is -4.45. The zero-order valence-corrected chi connectivity index (χ0v) is 15.2. The van der Waals surface area contributed by atoms with E-state index in [1.807, 2.05) is 25.7 Å². The van der Waals surface area contributed by atoms with Crippen molar-refractivity contribution in [3.8, 4) is 11.6 Å². The Morgan fingerprint density at radius 2 is 1.74 bits per heavy atom. The van der Waals surface area contributed by atoms with Crippen LogP contribution >= 0.6 is 0 Å². The Labute approximate surface area is 154 Å². The molecule has 3 rings (SSSR count). The molecule has 1 amide bonds. The molecule has 0 N–H and O–H groups in total. The van der Waals surface area contributed by atoms with Gasteiger partial charge in [-0.15, -0.1) is 5.10 Å². The van der Waals surface area contributed by atoms with Crippen LogP contribution in [0.1, 0.15) is 26.3 Å². The molecule has 1 aliphatic heterocycles. The fraction of sp³-hybridized carbons (Fsp3) is 0.529. The maximum atomic E-state index is 12.6. The summed E-state index contributed by atoms with van der Waals surface area (Å²) < 4.78 is 43.4. The second kappa shape index (κ2) is 6.82. The molecule has 2 aromatic heterocycles. The van der Waals surface area contributed by atoms with Gasteiger partial charge in [-0.3, -0.25) is 9.78 Å². The first-order chi connectivity index (χ1) is 12.6. The summed E-state index contributed by atoms with van der Waals surface area (Å²) in [7, 11) is 0. The van der Waals surface area contributed by atoms with Gasteiger partial charge in [0.2, 0.25) is 5.91 Å². The third kappa shape index (κ3) is 4.20. The van der Waals surface area contributed by atoms with Gasteiger partial charge >= 0.3 is 12.2 Å². The van der Waals surface area contributed by atoms with Crippen molar-refractivity contribution in [2.45, 2.75) is 26.9 Å². The van der Waals surface area contributed by atoms with E-state index < -0.39 is 17.2 Å². The van der Waals surface area contributed by atoms with Crippen LogP contribution in [0.4, 0.5) is 19.2 Å². The van der Waals surface area contributed by atoms with Crippen molar-refractivity contribution >= 4 is 11.9 Å². The average molecular weight is 383 g/mol. The number of anilines is 1.